The number of primary amides is 1. The first kappa shape index (κ1) is 18.4. The minimum Gasteiger partial charge on any atom is -0.480 e. The average molecular weight is 322 g/mol. The number of nitrogens with one attached hydrogen (secondary N) is 2. The van der Waals surface area contributed by atoms with Gasteiger partial charge in [0.05, 0.1) is 6.04 Å². The molecular formula is C15H22N4O4. The number of carbonyl (C=O) groups is 3. The van der Waals surface area contributed by atoms with E-state index in [0.29, 0.717) is 12.8 Å². The maximum absolute atomic E-state index is 12.0. The number of hydrogen-bond donors (Lipinski definition) is 5. The Bertz CT molecular complexity index is 536. The van der Waals surface area contributed by atoms with Gasteiger partial charge in [-0.1, -0.05) is 30.3 Å². The number of amides is 3. The van der Waals surface area contributed by atoms with Gasteiger partial charge < -0.3 is 27.2 Å². The van der Waals surface area contributed by atoms with Gasteiger partial charge in [0, 0.05) is 6.54 Å². The summed E-state index contributed by atoms with van der Waals surface area (Å²) in [5.74, 6) is -1.67. The molecule has 0 aliphatic rings. The predicted octanol–water partition coefficient (Wildman–Crippen LogP) is -0.426. The van der Waals surface area contributed by atoms with Crippen molar-refractivity contribution in [1.29, 1.82) is 0 Å². The van der Waals surface area contributed by atoms with E-state index >= 15 is 0 Å². The van der Waals surface area contributed by atoms with Crippen LogP contribution in [-0.4, -0.2) is 41.6 Å². The molecular weight excluding hydrogens is 300 g/mol. The molecule has 3 amide bonds. The van der Waals surface area contributed by atoms with Crippen molar-refractivity contribution in [3.05, 3.63) is 35.9 Å². The van der Waals surface area contributed by atoms with Gasteiger partial charge in [-0.25, -0.2) is 9.59 Å². The van der Waals surface area contributed by atoms with Crippen LogP contribution in [0.2, 0.25) is 0 Å². The largest absolute Gasteiger partial charge is 0.480 e. The van der Waals surface area contributed by atoms with Gasteiger partial charge in [-0.15, -0.1) is 0 Å². The lowest BCUT2D eigenvalue weighted by atomic mass is 10.1. The molecule has 0 aliphatic carbocycles. The molecule has 1 aromatic carbocycles. The van der Waals surface area contributed by atoms with Crippen molar-refractivity contribution in [3.63, 3.8) is 0 Å². The van der Waals surface area contributed by atoms with Crippen LogP contribution in [0.1, 0.15) is 18.4 Å². The lowest BCUT2D eigenvalue weighted by Gasteiger charge is -2.18. The number of carboxylic acids is 1. The van der Waals surface area contributed by atoms with Crippen molar-refractivity contribution in [3.8, 4) is 0 Å². The number of urea groups is 1. The molecule has 1 rings (SSSR count). The Hall–Kier alpha value is -2.61. The van der Waals surface area contributed by atoms with Crippen molar-refractivity contribution in [2.75, 3.05) is 6.54 Å². The van der Waals surface area contributed by atoms with Gasteiger partial charge in [0.15, 0.2) is 0 Å². The molecule has 0 radical (unpaired) electrons. The third-order valence-corrected chi connectivity index (χ3v) is 3.22. The zero-order valence-electron chi connectivity index (χ0n) is 12.7. The molecule has 0 heterocycles. The predicted molar refractivity (Wildman–Crippen MR) is 84.5 cm³/mol. The van der Waals surface area contributed by atoms with E-state index in [1.54, 1.807) is 0 Å². The van der Waals surface area contributed by atoms with Crippen LogP contribution < -0.4 is 22.1 Å². The fourth-order valence-electron chi connectivity index (χ4n) is 2.01. The molecule has 8 heteroatoms. The molecule has 0 saturated heterocycles. The number of carboxylic acid groups (broad SMARTS) is 1. The summed E-state index contributed by atoms with van der Waals surface area (Å²) in [4.78, 5) is 33.7. The normalized spacial score (nSPS) is 12.9. The van der Waals surface area contributed by atoms with Gasteiger partial charge in [-0.3, -0.25) is 4.79 Å². The van der Waals surface area contributed by atoms with Crippen molar-refractivity contribution in [1.82, 2.24) is 10.6 Å². The third-order valence-electron chi connectivity index (χ3n) is 3.22. The Morgan fingerprint density at radius 2 is 1.83 bits per heavy atom. The Balaban J connectivity index is 2.46. The summed E-state index contributed by atoms with van der Waals surface area (Å²) in [5, 5.41) is 13.9. The van der Waals surface area contributed by atoms with Crippen molar-refractivity contribution in [2.45, 2.75) is 31.3 Å². The van der Waals surface area contributed by atoms with E-state index in [0.717, 1.165) is 5.56 Å². The molecule has 0 aromatic heterocycles. The van der Waals surface area contributed by atoms with E-state index in [2.05, 4.69) is 10.6 Å². The van der Waals surface area contributed by atoms with Crippen LogP contribution >= 0.6 is 0 Å². The van der Waals surface area contributed by atoms with Gasteiger partial charge in [0.2, 0.25) is 5.91 Å². The van der Waals surface area contributed by atoms with Crippen molar-refractivity contribution in [2.24, 2.45) is 11.5 Å². The third kappa shape index (κ3) is 7.28. The topological polar surface area (TPSA) is 148 Å². The van der Waals surface area contributed by atoms with E-state index in [9.17, 15) is 14.4 Å². The molecule has 0 unspecified atom stereocenters. The number of aliphatic carboxylic acids is 1. The molecule has 0 bridgehead atoms. The van der Waals surface area contributed by atoms with E-state index in [1.807, 2.05) is 30.3 Å². The van der Waals surface area contributed by atoms with Gasteiger partial charge in [-0.05, 0) is 24.8 Å². The zero-order valence-corrected chi connectivity index (χ0v) is 12.7. The van der Waals surface area contributed by atoms with E-state index in [4.69, 9.17) is 16.6 Å². The highest BCUT2D eigenvalue weighted by molar-refractivity contribution is 5.86. The molecule has 0 saturated carbocycles. The minimum atomic E-state index is -1.15. The summed E-state index contributed by atoms with van der Waals surface area (Å²) >= 11 is 0. The van der Waals surface area contributed by atoms with Crippen LogP contribution in [0.25, 0.3) is 0 Å². The average Bonchev–Trinajstić information content (AvgIpc) is 2.50. The fourth-order valence-corrected chi connectivity index (χ4v) is 2.01. The molecule has 1 aromatic rings. The second kappa shape index (κ2) is 9.42. The second-order valence-electron chi connectivity index (χ2n) is 5.13. The number of rotatable bonds is 9. The monoisotopic (exact) mass is 322 g/mol. The highest BCUT2D eigenvalue weighted by atomic mass is 16.4. The summed E-state index contributed by atoms with van der Waals surface area (Å²) in [5.41, 5.74) is 11.6. The lowest BCUT2D eigenvalue weighted by molar-refractivity contribution is -0.142. The number of nitrogens with two attached hydrogens (primary N) is 2. The fraction of sp³-hybridized carbons (Fsp3) is 0.400. The van der Waals surface area contributed by atoms with Crippen molar-refractivity contribution < 1.29 is 19.5 Å². The van der Waals surface area contributed by atoms with Gasteiger partial charge in [0.1, 0.15) is 6.04 Å². The highest BCUT2D eigenvalue weighted by Crippen LogP contribution is 2.03. The van der Waals surface area contributed by atoms with Crippen LogP contribution in [0.3, 0.4) is 0 Å². The van der Waals surface area contributed by atoms with Crippen LogP contribution in [0, 0.1) is 0 Å². The smallest absolute Gasteiger partial charge is 0.326 e. The first-order valence-electron chi connectivity index (χ1n) is 7.26. The minimum absolute atomic E-state index is 0.166. The molecule has 7 N–H and O–H groups in total. The highest BCUT2D eigenvalue weighted by Gasteiger charge is 2.23. The van der Waals surface area contributed by atoms with Gasteiger partial charge in [0.25, 0.3) is 0 Å². The molecule has 126 valence electrons. The summed E-state index contributed by atoms with van der Waals surface area (Å²) in [7, 11) is 0. The molecule has 8 nitrogen and oxygen atoms in total. The second-order valence-corrected chi connectivity index (χ2v) is 5.13. The number of carbonyl (C=O) groups excluding carboxylic acids is 2. The van der Waals surface area contributed by atoms with Crippen molar-refractivity contribution >= 4 is 17.9 Å². The van der Waals surface area contributed by atoms with E-state index in [-0.39, 0.29) is 13.0 Å². The summed E-state index contributed by atoms with van der Waals surface area (Å²) < 4.78 is 0. The Labute approximate surface area is 134 Å². The standard InChI is InChI=1S/C15H22N4O4/c16-11(9-10-5-2-1-3-6-10)13(20)19-12(14(21)22)7-4-8-18-15(17)23/h1-3,5-6,11-12H,4,7-9,16H2,(H,19,20)(H,21,22)(H3,17,18,23)/t11-,12+/m1/s1. The van der Waals surface area contributed by atoms with Gasteiger partial charge in [-0.2, -0.15) is 0 Å². The Morgan fingerprint density at radius 3 is 2.39 bits per heavy atom. The number of hydrogen-bond acceptors (Lipinski definition) is 4. The molecule has 0 fully saturated rings. The molecule has 0 aliphatic heterocycles. The van der Waals surface area contributed by atoms with Crippen LogP contribution in [0.15, 0.2) is 30.3 Å². The zero-order chi connectivity index (χ0) is 17.2. The van der Waals surface area contributed by atoms with Crippen LogP contribution in [0.4, 0.5) is 4.79 Å². The quantitative estimate of drug-likeness (QED) is 0.391. The first-order valence-corrected chi connectivity index (χ1v) is 7.26. The maximum Gasteiger partial charge on any atom is 0.326 e. The molecule has 2 atom stereocenters. The summed E-state index contributed by atoms with van der Waals surface area (Å²) in [6, 6.07) is 6.66. The van der Waals surface area contributed by atoms with Crippen LogP contribution in [0.5, 0.6) is 0 Å². The summed E-state index contributed by atoms with van der Waals surface area (Å²) in [6.07, 6.45) is 0.857. The van der Waals surface area contributed by atoms with E-state index in [1.165, 1.54) is 0 Å². The lowest BCUT2D eigenvalue weighted by Crippen LogP contribution is -2.49. The first-order chi connectivity index (χ1) is 10.9. The SMILES string of the molecule is NC(=O)NCCC[C@H](NC(=O)[C@H](N)Cc1ccccc1)C(=O)O. The number of benzene rings is 1. The Morgan fingerprint density at radius 1 is 1.17 bits per heavy atom. The summed E-state index contributed by atoms with van der Waals surface area (Å²) in [6.45, 7) is 0.241. The molecule has 0 spiro atoms. The van der Waals surface area contributed by atoms with Gasteiger partial charge >= 0.3 is 12.0 Å². The maximum atomic E-state index is 12.0. The van der Waals surface area contributed by atoms with Crippen LogP contribution in [-0.2, 0) is 16.0 Å². The van der Waals surface area contributed by atoms with E-state index < -0.39 is 30.0 Å². The Kier molecular flexibility index (Phi) is 7.55. The molecule has 23 heavy (non-hydrogen) atoms.